The highest BCUT2D eigenvalue weighted by molar-refractivity contribution is 7.90. The van der Waals surface area contributed by atoms with Crippen molar-refractivity contribution in [1.82, 2.24) is 4.90 Å². The molecule has 0 spiro atoms. The normalized spacial score (nSPS) is 19.4. The van der Waals surface area contributed by atoms with E-state index < -0.39 is 28.0 Å². The summed E-state index contributed by atoms with van der Waals surface area (Å²) in [7, 11) is -3.69. The van der Waals surface area contributed by atoms with Crippen LogP contribution in [0.3, 0.4) is 0 Å². The van der Waals surface area contributed by atoms with E-state index in [2.05, 4.69) is 0 Å². The van der Waals surface area contributed by atoms with Crippen LogP contribution < -0.4 is 4.74 Å². The number of carbonyl (C=O) groups excluding carboxylic acids is 1. The number of hydrogen-bond acceptors (Lipinski definition) is 5. The maximum Gasteiger partial charge on any atom is 0.425 e. The molecular weight excluding hydrogens is 459 g/mol. The molecule has 10 heteroatoms. The Hall–Kier alpha value is -2.59. The molecule has 0 bridgehead atoms. The number of carbonyl (C=O) groups is 1. The van der Waals surface area contributed by atoms with Gasteiger partial charge in [0.15, 0.2) is 15.9 Å². The highest BCUT2D eigenvalue weighted by atomic mass is 32.2. The van der Waals surface area contributed by atoms with Gasteiger partial charge in [-0.3, -0.25) is 4.79 Å². The van der Waals surface area contributed by atoms with Gasteiger partial charge in [0.2, 0.25) is 0 Å². The highest BCUT2D eigenvalue weighted by Gasteiger charge is 2.39. The van der Waals surface area contributed by atoms with Crippen molar-refractivity contribution in [2.45, 2.75) is 49.5 Å². The predicted octanol–water partition coefficient (Wildman–Crippen LogP) is 4.08. The molecule has 1 unspecified atom stereocenters. The first-order valence-corrected chi connectivity index (χ1v) is 12.4. The molecule has 2 atom stereocenters. The van der Waals surface area contributed by atoms with Gasteiger partial charge in [-0.15, -0.1) is 0 Å². The lowest BCUT2D eigenvalue weighted by atomic mass is 9.95. The number of ether oxygens (including phenoxy) is 2. The Morgan fingerprint density at radius 3 is 2.52 bits per heavy atom. The first-order valence-electron chi connectivity index (χ1n) is 10.5. The number of alkyl halides is 3. The summed E-state index contributed by atoms with van der Waals surface area (Å²) >= 11 is 0. The Kier molecular flexibility index (Phi) is 6.17. The zero-order chi connectivity index (χ0) is 24.0. The van der Waals surface area contributed by atoms with Crippen molar-refractivity contribution in [3.8, 4) is 5.75 Å². The fourth-order valence-corrected chi connectivity index (χ4v) is 4.69. The second-order valence-electron chi connectivity index (χ2n) is 8.48. The molecule has 6 nitrogen and oxygen atoms in total. The van der Waals surface area contributed by atoms with Crippen LogP contribution in [0.15, 0.2) is 41.3 Å². The summed E-state index contributed by atoms with van der Waals surface area (Å²) in [5, 5.41) is 0. The summed E-state index contributed by atoms with van der Waals surface area (Å²) in [4.78, 5) is 14.6. The smallest absolute Gasteiger partial charge is 0.425 e. The van der Waals surface area contributed by atoms with Crippen LogP contribution in [0, 0.1) is 0 Å². The van der Waals surface area contributed by atoms with Crippen molar-refractivity contribution in [2.75, 3.05) is 19.5 Å². The first kappa shape index (κ1) is 23.6. The lowest BCUT2D eigenvalue weighted by Gasteiger charge is -2.22. The van der Waals surface area contributed by atoms with Crippen molar-refractivity contribution >= 4 is 15.7 Å². The molecule has 0 aromatic heterocycles. The van der Waals surface area contributed by atoms with E-state index in [1.807, 2.05) is 18.2 Å². The van der Waals surface area contributed by atoms with Crippen LogP contribution in [-0.4, -0.2) is 51.0 Å². The van der Waals surface area contributed by atoms with Crippen LogP contribution in [0.25, 0.3) is 0 Å². The fourth-order valence-electron chi connectivity index (χ4n) is 4.05. The zero-order valence-corrected chi connectivity index (χ0v) is 19.0. The minimum Gasteiger partial charge on any atom is -0.480 e. The summed E-state index contributed by atoms with van der Waals surface area (Å²) in [5.74, 6) is -0.598. The number of hydrogen-bond donors (Lipinski definition) is 0. The van der Waals surface area contributed by atoms with E-state index >= 15 is 0 Å². The fraction of sp³-hybridized carbons (Fsp3) is 0.435. The Morgan fingerprint density at radius 1 is 1.15 bits per heavy atom. The van der Waals surface area contributed by atoms with E-state index in [-0.39, 0.29) is 29.3 Å². The van der Waals surface area contributed by atoms with Crippen LogP contribution >= 0.6 is 0 Å². The second-order valence-corrected chi connectivity index (χ2v) is 10.5. The number of sulfone groups is 1. The Labute approximate surface area is 190 Å². The van der Waals surface area contributed by atoms with Crippen molar-refractivity contribution in [1.29, 1.82) is 0 Å². The van der Waals surface area contributed by atoms with Crippen molar-refractivity contribution < 1.29 is 35.9 Å². The quantitative estimate of drug-likeness (QED) is 0.641. The van der Waals surface area contributed by atoms with Crippen molar-refractivity contribution in [2.24, 2.45) is 0 Å². The summed E-state index contributed by atoms with van der Waals surface area (Å²) in [6.07, 6.45) is -4.91. The SMILES string of the molecule is C[C@H](Oc1ccc(S(C)(=O)=O)cc1C(=O)N1Cc2ccc(C3CCOC3)cc2C1)C(F)(F)F. The van der Waals surface area contributed by atoms with Crippen LogP contribution in [0.2, 0.25) is 0 Å². The van der Waals surface area contributed by atoms with Gasteiger partial charge in [-0.05, 0) is 48.2 Å². The number of benzene rings is 2. The van der Waals surface area contributed by atoms with Crippen molar-refractivity contribution in [3.05, 3.63) is 58.7 Å². The number of nitrogens with zero attached hydrogens (tertiary/aromatic N) is 1. The molecule has 178 valence electrons. The monoisotopic (exact) mass is 483 g/mol. The second kappa shape index (κ2) is 8.64. The van der Waals surface area contributed by atoms with Crippen LogP contribution in [0.4, 0.5) is 13.2 Å². The summed E-state index contributed by atoms with van der Waals surface area (Å²) in [5.41, 5.74) is 2.81. The molecular formula is C23H24F3NO5S. The van der Waals surface area contributed by atoms with E-state index in [1.165, 1.54) is 4.90 Å². The third kappa shape index (κ3) is 5.01. The maximum absolute atomic E-state index is 13.3. The number of fused-ring (bicyclic) bond motifs is 1. The molecule has 1 saturated heterocycles. The Morgan fingerprint density at radius 2 is 1.88 bits per heavy atom. The van der Waals surface area contributed by atoms with Gasteiger partial charge in [0, 0.05) is 31.9 Å². The zero-order valence-electron chi connectivity index (χ0n) is 18.2. The first-order chi connectivity index (χ1) is 15.4. The standard InChI is InChI=1S/C23H24F3NO5S/c1-14(23(24,25)26)32-21-6-5-19(33(2,29)30)10-20(21)22(28)27-11-16-4-3-15(9-18(16)12-27)17-7-8-31-13-17/h3-6,9-10,14,17H,7-8,11-13H2,1-2H3/t14-,17?/m0/s1. The van der Waals surface area contributed by atoms with E-state index in [4.69, 9.17) is 9.47 Å². The van der Waals surface area contributed by atoms with Gasteiger partial charge in [-0.25, -0.2) is 8.42 Å². The molecule has 1 fully saturated rings. The summed E-state index contributed by atoms with van der Waals surface area (Å²) in [6.45, 7) is 2.73. The third-order valence-corrected chi connectivity index (χ3v) is 7.13. The molecule has 2 aliphatic heterocycles. The van der Waals surface area contributed by atoms with E-state index in [1.54, 1.807) is 0 Å². The van der Waals surface area contributed by atoms with Crippen LogP contribution in [0.5, 0.6) is 5.75 Å². The molecule has 2 aromatic carbocycles. The molecule has 2 aromatic rings. The molecule has 0 saturated carbocycles. The Bertz CT molecular complexity index is 1170. The van der Waals surface area contributed by atoms with Crippen LogP contribution in [-0.2, 0) is 27.7 Å². The van der Waals surface area contributed by atoms with E-state index in [0.717, 1.165) is 54.5 Å². The molecule has 4 rings (SSSR count). The van der Waals surface area contributed by atoms with Gasteiger partial charge >= 0.3 is 6.18 Å². The maximum atomic E-state index is 13.3. The lowest BCUT2D eigenvalue weighted by molar-refractivity contribution is -0.189. The van der Waals surface area contributed by atoms with E-state index in [9.17, 15) is 26.4 Å². The molecule has 33 heavy (non-hydrogen) atoms. The summed E-state index contributed by atoms with van der Waals surface area (Å²) < 4.78 is 73.7. The summed E-state index contributed by atoms with van der Waals surface area (Å²) in [6, 6.07) is 9.33. The van der Waals surface area contributed by atoms with Gasteiger partial charge in [-0.1, -0.05) is 18.2 Å². The Balaban J connectivity index is 1.63. The molecule has 2 aliphatic rings. The number of amides is 1. The lowest BCUT2D eigenvalue weighted by Crippen LogP contribution is -2.32. The molecule has 0 radical (unpaired) electrons. The van der Waals surface area contributed by atoms with Gasteiger partial charge in [0.1, 0.15) is 5.75 Å². The highest BCUT2D eigenvalue weighted by Crippen LogP contribution is 2.34. The molecule has 0 N–H and O–H groups in total. The van der Waals surface area contributed by atoms with Gasteiger partial charge in [0.25, 0.3) is 5.91 Å². The molecule has 2 heterocycles. The van der Waals surface area contributed by atoms with E-state index in [0.29, 0.717) is 19.1 Å². The topological polar surface area (TPSA) is 72.9 Å². The molecule has 1 amide bonds. The minimum atomic E-state index is -4.64. The molecule has 0 aliphatic carbocycles. The number of halogens is 3. The predicted molar refractivity (Wildman–Crippen MR) is 114 cm³/mol. The van der Waals surface area contributed by atoms with Crippen LogP contribution in [0.1, 0.15) is 46.3 Å². The third-order valence-electron chi connectivity index (χ3n) is 6.02. The van der Waals surface area contributed by atoms with Gasteiger partial charge in [0.05, 0.1) is 17.1 Å². The van der Waals surface area contributed by atoms with Gasteiger partial charge in [-0.2, -0.15) is 13.2 Å². The average molecular weight is 484 g/mol. The van der Waals surface area contributed by atoms with Crippen molar-refractivity contribution in [3.63, 3.8) is 0 Å². The van der Waals surface area contributed by atoms with Gasteiger partial charge < -0.3 is 14.4 Å². The largest absolute Gasteiger partial charge is 0.480 e. The average Bonchev–Trinajstić information content (AvgIpc) is 3.41. The minimum absolute atomic E-state index is 0.168. The number of rotatable bonds is 5.